The van der Waals surface area contributed by atoms with E-state index in [1.165, 1.54) is 16.4 Å². The first kappa shape index (κ1) is 21.9. The van der Waals surface area contributed by atoms with Crippen LogP contribution in [0, 0.1) is 20.8 Å². The summed E-state index contributed by atoms with van der Waals surface area (Å²) in [6.45, 7) is 5.57. The van der Waals surface area contributed by atoms with Crippen LogP contribution in [0.5, 0.6) is 0 Å². The Kier molecular flexibility index (Phi) is 6.23. The second-order valence-electron chi connectivity index (χ2n) is 7.12. The van der Waals surface area contributed by atoms with Gasteiger partial charge in [0.25, 0.3) is 0 Å². The summed E-state index contributed by atoms with van der Waals surface area (Å²) in [5, 5.41) is 7.34. The minimum atomic E-state index is -3.88. The zero-order valence-electron chi connectivity index (χ0n) is 17.3. The molecule has 0 fully saturated rings. The molecule has 2 aromatic carbocycles. The number of hydrogen-bond donors (Lipinski definition) is 2. The van der Waals surface area contributed by atoms with Crippen LogP contribution in [0.1, 0.15) is 16.7 Å². The van der Waals surface area contributed by atoms with Gasteiger partial charge in [-0.05, 0) is 62.4 Å². The number of nitrogens with two attached hydrogens (primary N) is 1. The van der Waals surface area contributed by atoms with Crippen LogP contribution in [0.25, 0.3) is 0 Å². The van der Waals surface area contributed by atoms with Crippen molar-refractivity contribution in [2.45, 2.75) is 42.1 Å². The molecule has 0 spiro atoms. The van der Waals surface area contributed by atoms with Gasteiger partial charge in [0, 0.05) is 5.69 Å². The lowest BCUT2D eigenvalue weighted by Gasteiger charge is -2.09. The summed E-state index contributed by atoms with van der Waals surface area (Å²) in [7, 11) is -3.88. The first-order chi connectivity index (χ1) is 14.1. The van der Waals surface area contributed by atoms with Gasteiger partial charge in [-0.2, -0.15) is 5.10 Å². The molecule has 0 bridgehead atoms. The molecule has 9 heteroatoms. The van der Waals surface area contributed by atoms with Gasteiger partial charge in [0.2, 0.25) is 15.7 Å². The number of thioether (sulfide) groups is 1. The summed E-state index contributed by atoms with van der Waals surface area (Å²) in [5.41, 5.74) is 9.82. The van der Waals surface area contributed by atoms with Gasteiger partial charge in [0.15, 0.2) is 0 Å². The highest BCUT2D eigenvalue weighted by atomic mass is 32.2. The molecule has 1 amide bonds. The van der Waals surface area contributed by atoms with E-state index in [2.05, 4.69) is 10.4 Å². The molecule has 0 aliphatic heterocycles. The van der Waals surface area contributed by atoms with Gasteiger partial charge >= 0.3 is 0 Å². The molecule has 1 heterocycles. The number of nitrogens with one attached hydrogen (secondary N) is 1. The second-order valence-corrected chi connectivity index (χ2v) is 9.80. The lowest BCUT2D eigenvalue weighted by molar-refractivity contribution is -0.116. The van der Waals surface area contributed by atoms with E-state index >= 15 is 0 Å². The van der Waals surface area contributed by atoms with E-state index in [0.717, 1.165) is 16.7 Å². The second kappa shape index (κ2) is 8.53. The first-order valence-electron chi connectivity index (χ1n) is 9.22. The first-order valence-corrected chi connectivity index (χ1v) is 11.9. The predicted octanol–water partition coefficient (Wildman–Crippen LogP) is 3.58. The van der Waals surface area contributed by atoms with E-state index in [-0.39, 0.29) is 33.1 Å². The number of anilines is 2. The molecule has 3 N–H and O–H groups in total. The van der Waals surface area contributed by atoms with Crippen LogP contribution in [-0.2, 0) is 21.2 Å². The minimum absolute atomic E-state index is 0.0597. The standard InChI is InChI=1S/C21H24N4O3S2/c1-13-5-7-17(8-6-13)30(27,28)19-20(22)25(24-21(19)29-4)12-18(26)23-16-10-14(2)9-15(3)11-16/h5-11H,12,22H2,1-4H3,(H,23,26). The summed E-state index contributed by atoms with van der Waals surface area (Å²) in [6.07, 6.45) is 1.72. The van der Waals surface area contributed by atoms with Crippen LogP contribution < -0.4 is 11.1 Å². The summed E-state index contributed by atoms with van der Waals surface area (Å²) in [6, 6.07) is 12.3. The van der Waals surface area contributed by atoms with Crippen molar-refractivity contribution in [2.24, 2.45) is 0 Å². The highest BCUT2D eigenvalue weighted by Crippen LogP contribution is 2.34. The van der Waals surface area contributed by atoms with E-state index in [9.17, 15) is 13.2 Å². The topological polar surface area (TPSA) is 107 Å². The number of amides is 1. The SMILES string of the molecule is CSc1nn(CC(=O)Nc2cc(C)cc(C)c2)c(N)c1S(=O)(=O)c1ccc(C)cc1. The Hall–Kier alpha value is -2.78. The van der Waals surface area contributed by atoms with Crippen molar-refractivity contribution in [2.75, 3.05) is 17.3 Å². The highest BCUT2D eigenvalue weighted by molar-refractivity contribution is 7.99. The van der Waals surface area contributed by atoms with Crippen molar-refractivity contribution in [3.63, 3.8) is 0 Å². The van der Waals surface area contributed by atoms with Crippen molar-refractivity contribution >= 4 is 39.0 Å². The Morgan fingerprint density at radius 1 is 1.07 bits per heavy atom. The number of aromatic nitrogens is 2. The van der Waals surface area contributed by atoms with E-state index in [0.29, 0.717) is 5.69 Å². The molecule has 0 radical (unpaired) electrons. The molecule has 0 aliphatic rings. The molecule has 3 aromatic rings. The Morgan fingerprint density at radius 3 is 2.23 bits per heavy atom. The molecule has 0 saturated carbocycles. The van der Waals surface area contributed by atoms with E-state index in [4.69, 9.17) is 5.73 Å². The molecule has 0 atom stereocenters. The summed E-state index contributed by atoms with van der Waals surface area (Å²) < 4.78 is 27.6. The number of sulfone groups is 1. The van der Waals surface area contributed by atoms with Gasteiger partial charge in [-0.25, -0.2) is 13.1 Å². The van der Waals surface area contributed by atoms with Crippen LogP contribution in [0.3, 0.4) is 0 Å². The largest absolute Gasteiger partial charge is 0.383 e. The number of nitrogen functional groups attached to an aromatic ring is 1. The number of nitrogens with zero attached hydrogens (tertiary/aromatic N) is 2. The average Bonchev–Trinajstić information content (AvgIpc) is 2.97. The van der Waals surface area contributed by atoms with Crippen molar-refractivity contribution in [3.8, 4) is 0 Å². The number of carbonyl (C=O) groups excluding carboxylic acids is 1. The van der Waals surface area contributed by atoms with E-state index in [1.807, 2.05) is 39.0 Å². The Labute approximate surface area is 180 Å². The monoisotopic (exact) mass is 444 g/mol. The van der Waals surface area contributed by atoms with Crippen molar-refractivity contribution in [3.05, 3.63) is 59.2 Å². The maximum atomic E-state index is 13.2. The van der Waals surface area contributed by atoms with Crippen molar-refractivity contribution < 1.29 is 13.2 Å². The third-order valence-electron chi connectivity index (χ3n) is 4.51. The smallest absolute Gasteiger partial charge is 0.246 e. The van der Waals surface area contributed by atoms with Crippen LogP contribution in [-0.4, -0.2) is 30.4 Å². The zero-order chi connectivity index (χ0) is 22.1. The molecule has 7 nitrogen and oxygen atoms in total. The normalized spacial score (nSPS) is 11.5. The van der Waals surface area contributed by atoms with Crippen LogP contribution in [0.2, 0.25) is 0 Å². The van der Waals surface area contributed by atoms with Crippen LogP contribution in [0.15, 0.2) is 57.3 Å². The number of aryl methyl sites for hydroxylation is 3. The lowest BCUT2D eigenvalue weighted by Crippen LogP contribution is -2.21. The van der Waals surface area contributed by atoms with E-state index < -0.39 is 9.84 Å². The highest BCUT2D eigenvalue weighted by Gasteiger charge is 2.29. The molecule has 30 heavy (non-hydrogen) atoms. The molecule has 0 unspecified atom stereocenters. The molecular weight excluding hydrogens is 420 g/mol. The fourth-order valence-corrected chi connectivity index (χ4v) is 5.59. The van der Waals surface area contributed by atoms with Crippen LogP contribution in [0.4, 0.5) is 11.5 Å². The Balaban J connectivity index is 1.91. The maximum absolute atomic E-state index is 13.2. The molecule has 0 aliphatic carbocycles. The summed E-state index contributed by atoms with van der Waals surface area (Å²) in [4.78, 5) is 12.6. The van der Waals surface area contributed by atoms with Gasteiger partial charge in [-0.1, -0.05) is 23.8 Å². The lowest BCUT2D eigenvalue weighted by atomic mass is 10.1. The maximum Gasteiger partial charge on any atom is 0.246 e. The quantitative estimate of drug-likeness (QED) is 0.563. The Morgan fingerprint density at radius 2 is 1.67 bits per heavy atom. The van der Waals surface area contributed by atoms with Gasteiger partial charge in [0.05, 0.1) is 4.90 Å². The van der Waals surface area contributed by atoms with Crippen molar-refractivity contribution in [1.82, 2.24) is 9.78 Å². The molecule has 158 valence electrons. The van der Waals surface area contributed by atoms with Crippen molar-refractivity contribution in [1.29, 1.82) is 0 Å². The minimum Gasteiger partial charge on any atom is -0.383 e. The fraction of sp³-hybridized carbons (Fsp3) is 0.238. The van der Waals surface area contributed by atoms with Gasteiger partial charge < -0.3 is 11.1 Å². The number of carbonyl (C=O) groups is 1. The summed E-state index contributed by atoms with van der Waals surface area (Å²) >= 11 is 1.17. The number of benzene rings is 2. The third-order valence-corrected chi connectivity index (χ3v) is 7.14. The third kappa shape index (κ3) is 4.52. The molecule has 1 aromatic heterocycles. The Bertz CT molecular complexity index is 1180. The van der Waals surface area contributed by atoms with E-state index in [1.54, 1.807) is 30.5 Å². The van der Waals surface area contributed by atoms with Gasteiger partial charge in [-0.15, -0.1) is 11.8 Å². The summed E-state index contributed by atoms with van der Waals surface area (Å²) in [5.74, 6) is -0.406. The number of rotatable bonds is 6. The average molecular weight is 445 g/mol. The van der Waals surface area contributed by atoms with Gasteiger partial charge in [-0.3, -0.25) is 4.79 Å². The van der Waals surface area contributed by atoms with Gasteiger partial charge in [0.1, 0.15) is 22.3 Å². The predicted molar refractivity (Wildman–Crippen MR) is 120 cm³/mol. The zero-order valence-corrected chi connectivity index (χ0v) is 18.9. The number of hydrogen-bond acceptors (Lipinski definition) is 6. The molecule has 3 rings (SSSR count). The molecular formula is C21H24N4O3S2. The fourth-order valence-electron chi connectivity index (χ4n) is 3.16. The molecule has 0 saturated heterocycles. The van der Waals surface area contributed by atoms with Crippen LogP contribution >= 0.6 is 11.8 Å².